The van der Waals surface area contributed by atoms with Gasteiger partial charge in [0.05, 0.1) is 10.9 Å². The molecular weight excluding hydrogens is 460 g/mol. The standard InChI is InChI=1S/C20H19BrN2O3S2/c1-14(15-5-2-7-17(21)11-15)23-20(24)16-6-3-9-19(12-16)28(25,26)22-13-18-8-4-10-27-18/h2-12,14,22H,13H2,1H3,(H,23,24). The van der Waals surface area contributed by atoms with Gasteiger partial charge in [-0.05, 0) is 54.3 Å². The third-order valence-electron chi connectivity index (χ3n) is 4.12. The molecule has 0 spiro atoms. The van der Waals surface area contributed by atoms with Gasteiger partial charge in [-0.15, -0.1) is 11.3 Å². The molecule has 146 valence electrons. The van der Waals surface area contributed by atoms with Crippen LogP contribution in [0, 0.1) is 0 Å². The van der Waals surface area contributed by atoms with Crippen molar-refractivity contribution in [3.05, 3.63) is 86.5 Å². The molecule has 0 aliphatic carbocycles. The largest absolute Gasteiger partial charge is 0.346 e. The van der Waals surface area contributed by atoms with Crippen LogP contribution in [0.3, 0.4) is 0 Å². The lowest BCUT2D eigenvalue weighted by Gasteiger charge is -2.15. The highest BCUT2D eigenvalue weighted by Gasteiger charge is 2.17. The van der Waals surface area contributed by atoms with Crippen LogP contribution in [-0.4, -0.2) is 14.3 Å². The van der Waals surface area contributed by atoms with Crippen LogP contribution < -0.4 is 10.0 Å². The molecule has 1 aromatic heterocycles. The molecule has 0 radical (unpaired) electrons. The number of benzene rings is 2. The van der Waals surface area contributed by atoms with E-state index in [0.717, 1.165) is 14.9 Å². The Bertz CT molecular complexity index is 1070. The summed E-state index contributed by atoms with van der Waals surface area (Å²) in [5, 5.41) is 4.79. The van der Waals surface area contributed by atoms with Gasteiger partial charge in [-0.3, -0.25) is 4.79 Å². The number of nitrogens with one attached hydrogen (secondary N) is 2. The minimum Gasteiger partial charge on any atom is -0.346 e. The Hall–Kier alpha value is -2.00. The van der Waals surface area contributed by atoms with Gasteiger partial charge in [-0.25, -0.2) is 13.1 Å². The fraction of sp³-hybridized carbons (Fsp3) is 0.150. The number of amides is 1. The number of thiophene rings is 1. The minimum atomic E-state index is -3.71. The number of carbonyl (C=O) groups excluding carboxylic acids is 1. The van der Waals surface area contributed by atoms with Crippen LogP contribution >= 0.6 is 27.3 Å². The van der Waals surface area contributed by atoms with E-state index in [2.05, 4.69) is 26.0 Å². The van der Waals surface area contributed by atoms with Crippen LogP contribution in [0.15, 0.2) is 75.4 Å². The molecule has 0 aliphatic heterocycles. The van der Waals surface area contributed by atoms with E-state index in [1.165, 1.54) is 23.5 Å². The molecule has 1 atom stereocenters. The lowest BCUT2D eigenvalue weighted by Crippen LogP contribution is -2.27. The minimum absolute atomic E-state index is 0.0619. The van der Waals surface area contributed by atoms with Crippen LogP contribution in [0.5, 0.6) is 0 Å². The van der Waals surface area contributed by atoms with E-state index in [9.17, 15) is 13.2 Å². The van der Waals surface area contributed by atoms with Gasteiger partial charge in [0.25, 0.3) is 5.91 Å². The summed E-state index contributed by atoms with van der Waals surface area (Å²) in [7, 11) is -3.71. The van der Waals surface area contributed by atoms with E-state index < -0.39 is 10.0 Å². The summed E-state index contributed by atoms with van der Waals surface area (Å²) >= 11 is 4.89. The molecule has 0 saturated heterocycles. The first kappa shape index (κ1) is 20.7. The monoisotopic (exact) mass is 478 g/mol. The Kier molecular flexibility index (Phi) is 6.66. The van der Waals surface area contributed by atoms with Gasteiger partial charge >= 0.3 is 0 Å². The third kappa shape index (κ3) is 5.29. The second-order valence-corrected chi connectivity index (χ2v) is 9.90. The maximum Gasteiger partial charge on any atom is 0.251 e. The molecule has 1 unspecified atom stereocenters. The van der Waals surface area contributed by atoms with Crippen molar-refractivity contribution in [2.75, 3.05) is 0 Å². The number of rotatable bonds is 7. The van der Waals surface area contributed by atoms with Gasteiger partial charge < -0.3 is 5.32 Å². The van der Waals surface area contributed by atoms with Gasteiger partial charge in [0.15, 0.2) is 0 Å². The molecule has 1 amide bonds. The van der Waals surface area contributed by atoms with Gasteiger partial charge in [-0.1, -0.05) is 40.2 Å². The normalized spacial score (nSPS) is 12.5. The lowest BCUT2D eigenvalue weighted by atomic mass is 10.1. The van der Waals surface area contributed by atoms with E-state index in [1.807, 2.05) is 48.7 Å². The Morgan fingerprint density at radius 1 is 1.11 bits per heavy atom. The fourth-order valence-electron chi connectivity index (χ4n) is 2.61. The first-order chi connectivity index (χ1) is 13.3. The molecule has 0 fully saturated rings. The predicted molar refractivity (Wildman–Crippen MR) is 115 cm³/mol. The number of hydrogen-bond donors (Lipinski definition) is 2. The summed E-state index contributed by atoms with van der Waals surface area (Å²) in [6.45, 7) is 2.10. The highest BCUT2D eigenvalue weighted by atomic mass is 79.9. The van der Waals surface area contributed by atoms with E-state index in [4.69, 9.17) is 0 Å². The summed E-state index contributed by atoms with van der Waals surface area (Å²) in [6.07, 6.45) is 0. The van der Waals surface area contributed by atoms with Gasteiger partial charge in [0, 0.05) is 21.5 Å². The van der Waals surface area contributed by atoms with Gasteiger partial charge in [-0.2, -0.15) is 0 Å². The zero-order valence-electron chi connectivity index (χ0n) is 15.1. The topological polar surface area (TPSA) is 75.3 Å². The van der Waals surface area contributed by atoms with Crippen molar-refractivity contribution in [2.24, 2.45) is 0 Å². The third-order valence-corrected chi connectivity index (χ3v) is 6.89. The molecule has 8 heteroatoms. The molecule has 3 rings (SSSR count). The van der Waals surface area contributed by atoms with Crippen molar-refractivity contribution in [3.63, 3.8) is 0 Å². The Morgan fingerprint density at radius 3 is 2.61 bits per heavy atom. The summed E-state index contributed by atoms with van der Waals surface area (Å²) in [5.74, 6) is -0.331. The van der Waals surface area contributed by atoms with E-state index in [1.54, 1.807) is 12.1 Å². The number of sulfonamides is 1. The first-order valence-electron chi connectivity index (χ1n) is 8.53. The van der Waals surface area contributed by atoms with Gasteiger partial charge in [0.2, 0.25) is 10.0 Å². The molecule has 0 aliphatic rings. The maximum atomic E-state index is 12.6. The molecule has 3 aromatic rings. The quantitative estimate of drug-likeness (QED) is 0.525. The molecule has 0 saturated carbocycles. The average molecular weight is 479 g/mol. The molecule has 28 heavy (non-hydrogen) atoms. The second-order valence-electron chi connectivity index (χ2n) is 6.18. The number of hydrogen-bond acceptors (Lipinski definition) is 4. The van der Waals surface area contributed by atoms with Crippen molar-refractivity contribution < 1.29 is 13.2 Å². The highest BCUT2D eigenvalue weighted by molar-refractivity contribution is 9.10. The maximum absolute atomic E-state index is 12.6. The summed E-state index contributed by atoms with van der Waals surface area (Å²) in [6, 6.07) is 17.2. The van der Waals surface area contributed by atoms with Crippen LogP contribution in [0.2, 0.25) is 0 Å². The zero-order valence-corrected chi connectivity index (χ0v) is 18.3. The Balaban J connectivity index is 1.72. The van der Waals surface area contributed by atoms with Crippen LogP contribution in [0.25, 0.3) is 0 Å². The van der Waals surface area contributed by atoms with Crippen molar-refractivity contribution in [1.82, 2.24) is 10.0 Å². The van der Waals surface area contributed by atoms with E-state index >= 15 is 0 Å². The smallest absolute Gasteiger partial charge is 0.251 e. The SMILES string of the molecule is CC(NC(=O)c1cccc(S(=O)(=O)NCc2cccs2)c1)c1cccc(Br)c1. The zero-order chi connectivity index (χ0) is 20.1. The molecule has 0 bridgehead atoms. The number of carbonyl (C=O) groups is 1. The van der Waals surface area contributed by atoms with Crippen molar-refractivity contribution >= 4 is 43.2 Å². The van der Waals surface area contributed by atoms with E-state index in [0.29, 0.717) is 5.56 Å². The second kappa shape index (κ2) is 9.00. The molecule has 1 heterocycles. The van der Waals surface area contributed by atoms with Crippen LogP contribution in [0.4, 0.5) is 0 Å². The average Bonchev–Trinajstić information content (AvgIpc) is 3.20. The Morgan fingerprint density at radius 2 is 1.89 bits per heavy atom. The molecular formula is C20H19BrN2O3S2. The predicted octanol–water partition coefficient (Wildman–Crippen LogP) is 4.48. The fourth-order valence-corrected chi connectivity index (χ4v) is 4.81. The summed E-state index contributed by atoms with van der Waals surface area (Å²) in [4.78, 5) is 13.6. The van der Waals surface area contributed by atoms with Gasteiger partial charge in [0.1, 0.15) is 0 Å². The van der Waals surface area contributed by atoms with Crippen LogP contribution in [-0.2, 0) is 16.6 Å². The van der Waals surface area contributed by atoms with Crippen LogP contribution in [0.1, 0.15) is 33.8 Å². The molecule has 2 N–H and O–H groups in total. The summed E-state index contributed by atoms with van der Waals surface area (Å²) < 4.78 is 28.6. The van der Waals surface area contributed by atoms with Crippen molar-refractivity contribution in [2.45, 2.75) is 24.4 Å². The highest BCUT2D eigenvalue weighted by Crippen LogP contribution is 2.19. The molecule has 2 aromatic carbocycles. The Labute approximate surface area is 177 Å². The molecule has 5 nitrogen and oxygen atoms in total. The first-order valence-corrected chi connectivity index (χ1v) is 11.7. The lowest BCUT2D eigenvalue weighted by molar-refractivity contribution is 0.0939. The number of halogens is 1. The van der Waals surface area contributed by atoms with Crippen molar-refractivity contribution in [1.29, 1.82) is 0 Å². The van der Waals surface area contributed by atoms with E-state index in [-0.39, 0.29) is 23.4 Å². The van der Waals surface area contributed by atoms with Crippen molar-refractivity contribution in [3.8, 4) is 0 Å². The summed E-state index contributed by atoms with van der Waals surface area (Å²) in [5.41, 5.74) is 1.24.